The van der Waals surface area contributed by atoms with E-state index in [0.717, 1.165) is 8.64 Å². The fourth-order valence-electron chi connectivity index (χ4n) is 1.70. The van der Waals surface area contributed by atoms with E-state index in [9.17, 15) is 0 Å². The van der Waals surface area contributed by atoms with E-state index in [4.69, 9.17) is 24.4 Å². The molecule has 0 amide bonds. The van der Waals surface area contributed by atoms with Crippen molar-refractivity contribution in [3.8, 4) is 0 Å². The number of hydrogen-bond donors (Lipinski definition) is 0. The van der Waals surface area contributed by atoms with Crippen molar-refractivity contribution in [1.82, 2.24) is 9.80 Å². The lowest BCUT2D eigenvalue weighted by molar-refractivity contribution is 0.648. The molecular formula is C16H18N2S6. The number of fused-ring (bicyclic) bond motifs is 1. The molecule has 0 bridgehead atoms. The summed E-state index contributed by atoms with van der Waals surface area (Å²) in [6, 6.07) is 12.8. The van der Waals surface area contributed by atoms with Crippen molar-refractivity contribution in [2.24, 2.45) is 0 Å². The van der Waals surface area contributed by atoms with E-state index in [1.54, 1.807) is 43.2 Å². The highest BCUT2D eigenvalue weighted by molar-refractivity contribution is 8.84. The predicted molar refractivity (Wildman–Crippen MR) is 123 cm³/mol. The summed E-state index contributed by atoms with van der Waals surface area (Å²) in [6.45, 7) is 0. The van der Waals surface area contributed by atoms with E-state index >= 15 is 0 Å². The van der Waals surface area contributed by atoms with E-state index in [0.29, 0.717) is 0 Å². The summed E-state index contributed by atoms with van der Waals surface area (Å²) in [4.78, 5) is 6.37. The Labute approximate surface area is 170 Å². The van der Waals surface area contributed by atoms with Crippen molar-refractivity contribution in [1.29, 1.82) is 0 Å². The van der Waals surface area contributed by atoms with Crippen LogP contribution in [0.5, 0.6) is 0 Å². The minimum atomic E-state index is 0.870. The van der Waals surface area contributed by atoms with Crippen molar-refractivity contribution in [2.45, 2.75) is 9.79 Å². The largest absolute Gasteiger partial charge is 0.363 e. The van der Waals surface area contributed by atoms with E-state index in [-0.39, 0.29) is 0 Å². The summed E-state index contributed by atoms with van der Waals surface area (Å²) in [5.74, 6) is 0. The molecule has 2 rings (SSSR count). The molecule has 2 aromatic rings. The first kappa shape index (κ1) is 20.2. The second-order valence-corrected chi connectivity index (χ2v) is 10.9. The highest BCUT2D eigenvalue weighted by atomic mass is 33.1. The van der Waals surface area contributed by atoms with Gasteiger partial charge in [-0.05, 0) is 66.1 Å². The zero-order valence-electron chi connectivity index (χ0n) is 13.8. The second-order valence-electron chi connectivity index (χ2n) is 5.26. The van der Waals surface area contributed by atoms with Crippen LogP contribution in [0.25, 0.3) is 10.8 Å². The SMILES string of the molecule is CN(C)C(=S)SSc1ccc(SSC(=S)N(C)C)c2ccccc12. The molecule has 0 aliphatic carbocycles. The normalized spacial score (nSPS) is 10.7. The van der Waals surface area contributed by atoms with Gasteiger partial charge in [-0.15, -0.1) is 0 Å². The van der Waals surface area contributed by atoms with E-state index in [1.807, 2.05) is 38.0 Å². The lowest BCUT2D eigenvalue weighted by Gasteiger charge is -2.15. The van der Waals surface area contributed by atoms with Gasteiger partial charge in [0.05, 0.1) is 0 Å². The van der Waals surface area contributed by atoms with Crippen LogP contribution >= 0.6 is 67.6 Å². The van der Waals surface area contributed by atoms with Gasteiger partial charge in [0.25, 0.3) is 0 Å². The topological polar surface area (TPSA) is 6.48 Å². The molecule has 0 spiro atoms. The molecule has 2 nitrogen and oxygen atoms in total. The van der Waals surface area contributed by atoms with Crippen LogP contribution in [0.15, 0.2) is 46.2 Å². The molecule has 0 saturated carbocycles. The fourth-order valence-corrected chi connectivity index (χ4v) is 6.45. The van der Waals surface area contributed by atoms with Crippen LogP contribution in [0.2, 0.25) is 0 Å². The molecule has 8 heteroatoms. The Bertz CT molecular complexity index is 682. The fraction of sp³-hybridized carbons (Fsp3) is 0.250. The van der Waals surface area contributed by atoms with Crippen LogP contribution in [0, 0.1) is 0 Å². The van der Waals surface area contributed by atoms with Gasteiger partial charge in [0.15, 0.2) is 0 Å². The summed E-state index contributed by atoms with van der Waals surface area (Å²) >= 11 is 10.7. The van der Waals surface area contributed by atoms with Crippen LogP contribution in [-0.2, 0) is 0 Å². The molecule has 128 valence electrons. The Hall–Kier alpha value is -0.120. The molecule has 0 radical (unpaired) electrons. The molecule has 2 aromatic carbocycles. The van der Waals surface area contributed by atoms with Crippen molar-refractivity contribution >= 4 is 87.0 Å². The quantitative estimate of drug-likeness (QED) is 0.424. The first-order valence-electron chi connectivity index (χ1n) is 7.03. The van der Waals surface area contributed by atoms with Crippen molar-refractivity contribution < 1.29 is 0 Å². The number of rotatable bonds is 4. The Kier molecular flexibility index (Phi) is 8.03. The maximum Gasteiger partial charge on any atom is 0.146 e. The molecule has 24 heavy (non-hydrogen) atoms. The Morgan fingerprint density at radius 1 is 0.708 bits per heavy atom. The Morgan fingerprint density at radius 3 is 1.42 bits per heavy atom. The van der Waals surface area contributed by atoms with Crippen molar-refractivity contribution in [3.05, 3.63) is 36.4 Å². The van der Waals surface area contributed by atoms with Gasteiger partial charge in [-0.1, -0.05) is 48.7 Å². The molecule has 0 aromatic heterocycles. The Balaban J connectivity index is 2.23. The van der Waals surface area contributed by atoms with Gasteiger partial charge in [-0.2, -0.15) is 0 Å². The van der Waals surface area contributed by atoms with Gasteiger partial charge in [-0.25, -0.2) is 0 Å². The molecule has 0 saturated heterocycles. The smallest absolute Gasteiger partial charge is 0.146 e. The van der Waals surface area contributed by atoms with Crippen LogP contribution in [-0.4, -0.2) is 46.6 Å². The molecule has 0 fully saturated rings. The van der Waals surface area contributed by atoms with E-state index in [1.165, 1.54) is 20.6 Å². The highest BCUT2D eigenvalue weighted by Crippen LogP contribution is 2.43. The zero-order chi connectivity index (χ0) is 17.7. The average molecular weight is 431 g/mol. The lowest BCUT2D eigenvalue weighted by Crippen LogP contribution is -2.14. The average Bonchev–Trinajstić information content (AvgIpc) is 2.57. The molecule has 0 heterocycles. The number of nitrogens with zero attached hydrogens (tertiary/aromatic N) is 2. The zero-order valence-corrected chi connectivity index (χ0v) is 18.7. The van der Waals surface area contributed by atoms with Crippen molar-refractivity contribution in [2.75, 3.05) is 28.2 Å². The Morgan fingerprint density at radius 2 is 1.08 bits per heavy atom. The third-order valence-electron chi connectivity index (χ3n) is 2.98. The van der Waals surface area contributed by atoms with Gasteiger partial charge in [0.1, 0.15) is 8.64 Å². The molecule has 0 N–H and O–H groups in total. The summed E-state index contributed by atoms with van der Waals surface area (Å²) in [6.07, 6.45) is 0. The third-order valence-corrected chi connectivity index (χ3v) is 9.62. The van der Waals surface area contributed by atoms with Crippen LogP contribution in [0.4, 0.5) is 0 Å². The van der Waals surface area contributed by atoms with Crippen LogP contribution in [0.3, 0.4) is 0 Å². The molecule has 0 aliphatic heterocycles. The monoisotopic (exact) mass is 430 g/mol. The minimum absolute atomic E-state index is 0.870. The summed E-state index contributed by atoms with van der Waals surface area (Å²) in [5.41, 5.74) is 0. The van der Waals surface area contributed by atoms with Gasteiger partial charge >= 0.3 is 0 Å². The maximum absolute atomic E-state index is 5.36. The first-order chi connectivity index (χ1) is 11.4. The highest BCUT2D eigenvalue weighted by Gasteiger charge is 2.10. The molecule has 0 unspecified atom stereocenters. The maximum atomic E-state index is 5.36. The molecule has 0 atom stereocenters. The molecular weight excluding hydrogens is 413 g/mol. The number of hydrogen-bond acceptors (Lipinski definition) is 6. The summed E-state index contributed by atoms with van der Waals surface area (Å²) in [5, 5.41) is 2.50. The second kappa shape index (κ2) is 9.54. The number of benzene rings is 2. The van der Waals surface area contributed by atoms with Gasteiger partial charge in [-0.3, -0.25) is 0 Å². The van der Waals surface area contributed by atoms with Crippen LogP contribution in [0.1, 0.15) is 0 Å². The van der Waals surface area contributed by atoms with Crippen molar-refractivity contribution in [3.63, 3.8) is 0 Å². The van der Waals surface area contributed by atoms with Gasteiger partial charge in [0.2, 0.25) is 0 Å². The summed E-state index contributed by atoms with van der Waals surface area (Å²) in [7, 11) is 14.5. The minimum Gasteiger partial charge on any atom is -0.363 e. The van der Waals surface area contributed by atoms with Gasteiger partial charge in [0, 0.05) is 38.0 Å². The van der Waals surface area contributed by atoms with E-state index < -0.39 is 0 Å². The summed E-state index contributed by atoms with van der Waals surface area (Å²) < 4.78 is 1.74. The van der Waals surface area contributed by atoms with E-state index in [2.05, 4.69) is 36.4 Å². The molecule has 0 aliphatic rings. The standard InChI is InChI=1S/C16H18N2S6/c1-17(2)15(19)23-21-13-9-10-14(22-24-16(20)18(3)4)12-8-6-5-7-11(12)13/h5-10H,1-4H3. The third kappa shape index (κ3) is 5.44. The predicted octanol–water partition coefficient (Wildman–Crippen LogP) is 6.01. The number of thiocarbonyl (C=S) groups is 2. The van der Waals surface area contributed by atoms with Crippen LogP contribution < -0.4 is 0 Å². The lowest BCUT2D eigenvalue weighted by atomic mass is 10.1. The van der Waals surface area contributed by atoms with Gasteiger partial charge < -0.3 is 9.80 Å². The first-order valence-corrected chi connectivity index (χ1v) is 12.1.